The number of nitrogens with zero attached hydrogens (tertiary/aromatic N) is 1. The van der Waals surface area contributed by atoms with Gasteiger partial charge in [-0.05, 0) is 43.3 Å². The number of benzene rings is 1. The third-order valence-corrected chi connectivity index (χ3v) is 5.36. The van der Waals surface area contributed by atoms with E-state index in [1.165, 1.54) is 6.92 Å². The van der Waals surface area contributed by atoms with Crippen molar-refractivity contribution in [1.82, 2.24) is 5.16 Å². The Morgan fingerprint density at radius 3 is 2.72 bits per heavy atom. The molecule has 3 aromatic rings. The second-order valence-corrected chi connectivity index (χ2v) is 7.17. The highest BCUT2D eigenvalue weighted by Gasteiger charge is 2.53. The Morgan fingerprint density at radius 1 is 1.20 bits per heavy atom. The fourth-order valence-corrected chi connectivity index (χ4v) is 3.50. The maximum atomic E-state index is 12.8. The van der Waals surface area contributed by atoms with Gasteiger partial charge in [0.25, 0.3) is 0 Å². The van der Waals surface area contributed by atoms with E-state index in [-0.39, 0.29) is 11.7 Å². The van der Waals surface area contributed by atoms with Gasteiger partial charge in [-0.1, -0.05) is 23.4 Å². The maximum absolute atomic E-state index is 12.8. The van der Waals surface area contributed by atoms with E-state index in [9.17, 15) is 9.59 Å². The summed E-state index contributed by atoms with van der Waals surface area (Å²) in [4.78, 5) is 25.3. The predicted octanol–water partition coefficient (Wildman–Crippen LogP) is 4.28. The lowest BCUT2D eigenvalue weighted by Gasteiger charge is -2.12. The van der Waals surface area contributed by atoms with Crippen LogP contribution in [0.5, 0.6) is 0 Å². The van der Waals surface area contributed by atoms with Crippen molar-refractivity contribution in [2.45, 2.75) is 25.2 Å². The number of anilines is 1. The predicted molar refractivity (Wildman–Crippen MR) is 95.8 cm³/mol. The highest BCUT2D eigenvalue weighted by atomic mass is 32.1. The van der Waals surface area contributed by atoms with Crippen LogP contribution in [0.15, 0.2) is 52.4 Å². The molecule has 25 heavy (non-hydrogen) atoms. The van der Waals surface area contributed by atoms with Crippen LogP contribution in [0, 0.1) is 0 Å². The Morgan fingerprint density at radius 2 is 2.04 bits per heavy atom. The molecule has 0 bridgehead atoms. The first-order chi connectivity index (χ1) is 12.1. The third kappa shape index (κ3) is 2.89. The highest BCUT2D eigenvalue weighted by molar-refractivity contribution is 7.13. The molecular weight excluding hydrogens is 336 g/mol. The molecule has 1 aliphatic rings. The lowest BCUT2D eigenvalue weighted by molar-refractivity contribution is -0.118. The molecule has 0 radical (unpaired) electrons. The second kappa shape index (κ2) is 5.97. The number of carbonyl (C=O) groups is 2. The van der Waals surface area contributed by atoms with Crippen LogP contribution in [0.2, 0.25) is 0 Å². The first-order valence-electron chi connectivity index (χ1n) is 8.02. The van der Waals surface area contributed by atoms with Crippen LogP contribution in [0.25, 0.3) is 10.6 Å². The summed E-state index contributed by atoms with van der Waals surface area (Å²) in [5, 5.41) is 9.02. The topological polar surface area (TPSA) is 72.2 Å². The third-order valence-electron chi connectivity index (χ3n) is 4.48. The van der Waals surface area contributed by atoms with E-state index in [0.717, 1.165) is 17.7 Å². The standard InChI is InChI=1S/C19H16N2O3S/c1-12(22)13-4-2-5-14(10-13)20-18(23)19(7-8-19)17-11-15(24-21-17)16-6-3-9-25-16/h2-6,9-11H,7-8H2,1H3,(H,20,23). The quantitative estimate of drug-likeness (QED) is 0.696. The Kier molecular flexibility index (Phi) is 3.77. The molecule has 1 aromatic carbocycles. The maximum Gasteiger partial charge on any atom is 0.236 e. The van der Waals surface area contributed by atoms with E-state index in [0.29, 0.717) is 22.7 Å². The van der Waals surface area contributed by atoms with Gasteiger partial charge in [0.1, 0.15) is 0 Å². The van der Waals surface area contributed by atoms with E-state index < -0.39 is 5.41 Å². The van der Waals surface area contributed by atoms with Crippen LogP contribution in [0.4, 0.5) is 5.69 Å². The summed E-state index contributed by atoms with van der Waals surface area (Å²) in [6.45, 7) is 1.50. The zero-order valence-electron chi connectivity index (χ0n) is 13.6. The number of thiophene rings is 1. The molecular formula is C19H16N2O3S. The van der Waals surface area contributed by atoms with E-state index in [2.05, 4.69) is 10.5 Å². The van der Waals surface area contributed by atoms with Gasteiger partial charge < -0.3 is 9.84 Å². The van der Waals surface area contributed by atoms with Gasteiger partial charge >= 0.3 is 0 Å². The lowest BCUT2D eigenvalue weighted by atomic mass is 10.0. The SMILES string of the molecule is CC(=O)c1cccc(NC(=O)C2(c3cc(-c4cccs4)on3)CC2)c1. The molecule has 0 atom stereocenters. The number of nitrogens with one attached hydrogen (secondary N) is 1. The smallest absolute Gasteiger partial charge is 0.236 e. The average molecular weight is 352 g/mol. The van der Waals surface area contributed by atoms with Crippen LogP contribution < -0.4 is 5.32 Å². The molecule has 1 N–H and O–H groups in total. The van der Waals surface area contributed by atoms with Gasteiger partial charge in [0.2, 0.25) is 5.91 Å². The highest BCUT2D eigenvalue weighted by Crippen LogP contribution is 2.49. The monoisotopic (exact) mass is 352 g/mol. The zero-order chi connectivity index (χ0) is 17.4. The molecule has 0 unspecified atom stereocenters. The number of hydrogen-bond donors (Lipinski definition) is 1. The van der Waals surface area contributed by atoms with E-state index in [4.69, 9.17) is 4.52 Å². The lowest BCUT2D eigenvalue weighted by Crippen LogP contribution is -2.28. The molecule has 1 aliphatic carbocycles. The van der Waals surface area contributed by atoms with Crippen LogP contribution in [0.1, 0.15) is 35.8 Å². The van der Waals surface area contributed by atoms with Gasteiger partial charge in [-0.25, -0.2) is 0 Å². The van der Waals surface area contributed by atoms with Crippen molar-refractivity contribution in [1.29, 1.82) is 0 Å². The van der Waals surface area contributed by atoms with Crippen molar-refractivity contribution in [2.24, 2.45) is 0 Å². The Balaban J connectivity index is 1.56. The van der Waals surface area contributed by atoms with Crippen molar-refractivity contribution in [3.63, 3.8) is 0 Å². The van der Waals surface area contributed by atoms with E-state index in [1.807, 2.05) is 23.6 Å². The number of aromatic nitrogens is 1. The molecule has 4 rings (SSSR count). The van der Waals surface area contributed by atoms with Gasteiger partial charge in [0, 0.05) is 17.3 Å². The number of ketones is 1. The van der Waals surface area contributed by atoms with Crippen LogP contribution in [-0.4, -0.2) is 16.8 Å². The first kappa shape index (κ1) is 15.8. The van der Waals surface area contributed by atoms with Gasteiger partial charge in [0.15, 0.2) is 11.5 Å². The normalized spacial score (nSPS) is 14.9. The van der Waals surface area contributed by atoms with E-state index >= 15 is 0 Å². The Labute approximate surface area is 148 Å². The summed E-state index contributed by atoms with van der Waals surface area (Å²) >= 11 is 1.57. The minimum Gasteiger partial charge on any atom is -0.355 e. The van der Waals surface area contributed by atoms with Crippen molar-refractivity contribution < 1.29 is 14.1 Å². The minimum absolute atomic E-state index is 0.0330. The minimum atomic E-state index is -0.634. The molecule has 1 fully saturated rings. The molecule has 0 saturated heterocycles. The fraction of sp³-hybridized carbons (Fsp3) is 0.211. The fourth-order valence-electron chi connectivity index (χ4n) is 2.83. The summed E-state index contributed by atoms with van der Waals surface area (Å²) in [7, 11) is 0. The molecule has 5 nitrogen and oxygen atoms in total. The average Bonchev–Trinajstić information content (AvgIpc) is 3.01. The molecule has 126 valence electrons. The Bertz CT molecular complexity index is 939. The molecule has 2 heterocycles. The van der Waals surface area contributed by atoms with Gasteiger partial charge in [0.05, 0.1) is 16.0 Å². The Hall–Kier alpha value is -2.73. The summed E-state index contributed by atoms with van der Waals surface area (Å²) in [5.74, 6) is 0.538. The summed E-state index contributed by atoms with van der Waals surface area (Å²) in [6, 6.07) is 12.7. The van der Waals surface area contributed by atoms with Crippen molar-refractivity contribution in [3.8, 4) is 10.6 Å². The summed E-state index contributed by atoms with van der Waals surface area (Å²) in [5.41, 5.74) is 1.22. The number of carbonyl (C=O) groups excluding carboxylic acids is 2. The van der Waals surface area contributed by atoms with Gasteiger partial charge in [-0.2, -0.15) is 0 Å². The molecule has 1 amide bonds. The van der Waals surface area contributed by atoms with Crippen molar-refractivity contribution >= 4 is 28.7 Å². The largest absolute Gasteiger partial charge is 0.355 e. The van der Waals surface area contributed by atoms with Crippen molar-refractivity contribution in [2.75, 3.05) is 5.32 Å². The summed E-state index contributed by atoms with van der Waals surface area (Å²) in [6.07, 6.45) is 1.48. The van der Waals surface area contributed by atoms with Crippen molar-refractivity contribution in [3.05, 3.63) is 59.1 Å². The number of Topliss-reactive ketones (excluding diaryl/α,β-unsaturated/α-hetero) is 1. The summed E-state index contributed by atoms with van der Waals surface area (Å²) < 4.78 is 5.42. The number of amides is 1. The first-order valence-corrected chi connectivity index (χ1v) is 8.90. The second-order valence-electron chi connectivity index (χ2n) is 6.23. The number of hydrogen-bond acceptors (Lipinski definition) is 5. The van der Waals surface area contributed by atoms with Crippen LogP contribution >= 0.6 is 11.3 Å². The molecule has 0 aliphatic heterocycles. The van der Waals surface area contributed by atoms with E-state index in [1.54, 1.807) is 35.6 Å². The van der Waals surface area contributed by atoms with Gasteiger partial charge in [-0.3, -0.25) is 9.59 Å². The van der Waals surface area contributed by atoms with Gasteiger partial charge in [-0.15, -0.1) is 11.3 Å². The molecule has 2 aromatic heterocycles. The zero-order valence-corrected chi connectivity index (χ0v) is 14.4. The number of rotatable bonds is 5. The molecule has 6 heteroatoms. The van der Waals surface area contributed by atoms with Crippen LogP contribution in [-0.2, 0) is 10.2 Å². The molecule has 0 spiro atoms. The molecule has 1 saturated carbocycles. The van der Waals surface area contributed by atoms with Crippen LogP contribution in [0.3, 0.4) is 0 Å².